The first-order valence-corrected chi connectivity index (χ1v) is 7.12. The SMILES string of the molecule is CCN(CC)S(=O)(=O)c1ccc(OC)cc1Cl. The smallest absolute Gasteiger partial charge is 0.244 e. The summed E-state index contributed by atoms with van der Waals surface area (Å²) in [6, 6.07) is 4.55. The van der Waals surface area contributed by atoms with Gasteiger partial charge in [-0.2, -0.15) is 4.31 Å². The molecule has 4 nitrogen and oxygen atoms in total. The molecule has 0 atom stereocenters. The largest absolute Gasteiger partial charge is 0.497 e. The van der Waals surface area contributed by atoms with Crippen LogP contribution >= 0.6 is 11.6 Å². The molecule has 0 spiro atoms. The second-order valence-electron chi connectivity index (χ2n) is 3.39. The lowest BCUT2D eigenvalue weighted by atomic mass is 10.3. The van der Waals surface area contributed by atoms with E-state index in [1.54, 1.807) is 19.9 Å². The van der Waals surface area contributed by atoms with Crippen LogP contribution in [0.2, 0.25) is 5.02 Å². The summed E-state index contributed by atoms with van der Waals surface area (Å²) in [5.41, 5.74) is 0. The summed E-state index contributed by atoms with van der Waals surface area (Å²) in [5.74, 6) is 0.536. The van der Waals surface area contributed by atoms with Crippen molar-refractivity contribution in [2.24, 2.45) is 0 Å². The van der Waals surface area contributed by atoms with Crippen LogP contribution in [0.25, 0.3) is 0 Å². The van der Waals surface area contributed by atoms with Gasteiger partial charge in [-0.3, -0.25) is 0 Å². The van der Waals surface area contributed by atoms with Gasteiger partial charge >= 0.3 is 0 Å². The van der Waals surface area contributed by atoms with Gasteiger partial charge in [0.25, 0.3) is 0 Å². The molecule has 17 heavy (non-hydrogen) atoms. The molecule has 0 saturated heterocycles. The number of rotatable bonds is 5. The second-order valence-corrected chi connectivity index (χ2v) is 5.70. The van der Waals surface area contributed by atoms with E-state index < -0.39 is 10.0 Å². The Bertz CT molecular complexity index is 483. The van der Waals surface area contributed by atoms with Crippen molar-refractivity contribution in [2.45, 2.75) is 18.7 Å². The first-order valence-electron chi connectivity index (χ1n) is 5.31. The van der Waals surface area contributed by atoms with E-state index >= 15 is 0 Å². The van der Waals surface area contributed by atoms with E-state index in [0.29, 0.717) is 18.8 Å². The predicted octanol–water partition coefficient (Wildman–Crippen LogP) is 2.38. The normalized spacial score (nSPS) is 11.8. The highest BCUT2D eigenvalue weighted by molar-refractivity contribution is 7.89. The lowest BCUT2D eigenvalue weighted by Gasteiger charge is -2.19. The van der Waals surface area contributed by atoms with Gasteiger partial charge in [0.1, 0.15) is 10.6 Å². The third kappa shape index (κ3) is 2.91. The lowest BCUT2D eigenvalue weighted by molar-refractivity contribution is 0.414. The number of hydrogen-bond donors (Lipinski definition) is 0. The third-order valence-corrected chi connectivity index (χ3v) is 5.00. The molecule has 0 aliphatic heterocycles. The van der Waals surface area contributed by atoms with Crippen LogP contribution < -0.4 is 4.74 Å². The van der Waals surface area contributed by atoms with Crippen molar-refractivity contribution in [3.8, 4) is 5.75 Å². The van der Waals surface area contributed by atoms with Gasteiger partial charge in [0.05, 0.1) is 12.1 Å². The number of ether oxygens (including phenoxy) is 1. The topological polar surface area (TPSA) is 46.6 Å². The van der Waals surface area contributed by atoms with Gasteiger partial charge in [-0.25, -0.2) is 8.42 Å². The number of nitrogens with zero attached hydrogens (tertiary/aromatic N) is 1. The first kappa shape index (κ1) is 14.3. The fourth-order valence-electron chi connectivity index (χ4n) is 1.52. The molecule has 0 aliphatic carbocycles. The van der Waals surface area contributed by atoms with Gasteiger partial charge < -0.3 is 4.74 Å². The lowest BCUT2D eigenvalue weighted by Crippen LogP contribution is -2.30. The molecule has 0 fully saturated rings. The third-order valence-electron chi connectivity index (χ3n) is 2.46. The number of methoxy groups -OCH3 is 1. The Kier molecular flexibility index (Phi) is 4.80. The standard InChI is InChI=1S/C11H16ClNO3S/c1-4-13(5-2)17(14,15)11-7-6-9(16-3)8-10(11)12/h6-8H,4-5H2,1-3H3. The second kappa shape index (κ2) is 5.71. The van der Waals surface area contributed by atoms with E-state index in [4.69, 9.17) is 16.3 Å². The minimum Gasteiger partial charge on any atom is -0.497 e. The maximum atomic E-state index is 12.2. The zero-order valence-electron chi connectivity index (χ0n) is 10.1. The van der Waals surface area contributed by atoms with Gasteiger partial charge in [0.2, 0.25) is 10.0 Å². The first-order chi connectivity index (χ1) is 7.97. The van der Waals surface area contributed by atoms with Crippen molar-refractivity contribution in [3.63, 3.8) is 0 Å². The van der Waals surface area contributed by atoms with Crippen LogP contribution in [-0.4, -0.2) is 32.9 Å². The Morgan fingerprint density at radius 3 is 2.29 bits per heavy atom. The van der Waals surface area contributed by atoms with E-state index in [1.165, 1.54) is 23.5 Å². The quantitative estimate of drug-likeness (QED) is 0.830. The molecule has 0 radical (unpaired) electrons. The molecule has 0 N–H and O–H groups in total. The summed E-state index contributed by atoms with van der Waals surface area (Å²) < 4.78 is 30.8. The maximum Gasteiger partial charge on any atom is 0.244 e. The van der Waals surface area contributed by atoms with E-state index in [0.717, 1.165) is 0 Å². The summed E-state index contributed by atoms with van der Waals surface area (Å²) in [6.07, 6.45) is 0. The van der Waals surface area contributed by atoms with Crippen LogP contribution in [-0.2, 0) is 10.0 Å². The van der Waals surface area contributed by atoms with Crippen LogP contribution in [0.5, 0.6) is 5.75 Å². The Morgan fingerprint density at radius 2 is 1.88 bits per heavy atom. The zero-order chi connectivity index (χ0) is 13.1. The number of hydrogen-bond acceptors (Lipinski definition) is 3. The molecule has 1 aromatic carbocycles. The van der Waals surface area contributed by atoms with Crippen molar-refractivity contribution in [1.29, 1.82) is 0 Å². The Labute approximate surface area is 107 Å². The summed E-state index contributed by atoms with van der Waals surface area (Å²) in [5, 5.41) is 0.177. The number of sulfonamides is 1. The fraction of sp³-hybridized carbons (Fsp3) is 0.455. The summed E-state index contributed by atoms with van der Waals surface area (Å²) in [6.45, 7) is 4.42. The minimum absolute atomic E-state index is 0.115. The van der Waals surface area contributed by atoms with E-state index in [9.17, 15) is 8.42 Å². The average Bonchev–Trinajstić information content (AvgIpc) is 2.29. The molecule has 0 saturated carbocycles. The Balaban J connectivity index is 3.24. The summed E-state index contributed by atoms with van der Waals surface area (Å²) >= 11 is 5.96. The predicted molar refractivity (Wildman–Crippen MR) is 68.1 cm³/mol. The zero-order valence-corrected chi connectivity index (χ0v) is 11.7. The van der Waals surface area contributed by atoms with Crippen LogP contribution in [0.1, 0.15) is 13.8 Å². The van der Waals surface area contributed by atoms with Crippen LogP contribution in [0, 0.1) is 0 Å². The highest BCUT2D eigenvalue weighted by Gasteiger charge is 2.24. The maximum absolute atomic E-state index is 12.2. The van der Waals surface area contributed by atoms with E-state index in [2.05, 4.69) is 0 Å². The van der Waals surface area contributed by atoms with E-state index in [-0.39, 0.29) is 9.92 Å². The average molecular weight is 278 g/mol. The highest BCUT2D eigenvalue weighted by atomic mass is 35.5. The van der Waals surface area contributed by atoms with Crippen LogP contribution in [0.3, 0.4) is 0 Å². The molecular weight excluding hydrogens is 262 g/mol. The number of benzene rings is 1. The van der Waals surface area contributed by atoms with Crippen molar-refractivity contribution in [3.05, 3.63) is 23.2 Å². The van der Waals surface area contributed by atoms with Crippen molar-refractivity contribution < 1.29 is 13.2 Å². The summed E-state index contributed by atoms with van der Waals surface area (Å²) in [4.78, 5) is 0.115. The molecule has 0 aliphatic rings. The molecule has 96 valence electrons. The Hall–Kier alpha value is -0.780. The number of halogens is 1. The minimum atomic E-state index is -3.51. The van der Waals surface area contributed by atoms with E-state index in [1.807, 2.05) is 0 Å². The van der Waals surface area contributed by atoms with Gasteiger partial charge in [-0.1, -0.05) is 25.4 Å². The van der Waals surface area contributed by atoms with Gasteiger partial charge in [-0.05, 0) is 12.1 Å². The molecule has 0 heterocycles. The molecule has 0 bridgehead atoms. The molecule has 6 heteroatoms. The molecular formula is C11H16ClNO3S. The molecule has 0 amide bonds. The van der Waals surface area contributed by atoms with Crippen molar-refractivity contribution >= 4 is 21.6 Å². The molecule has 0 aromatic heterocycles. The summed E-state index contributed by atoms with van der Waals surface area (Å²) in [7, 11) is -2.01. The highest BCUT2D eigenvalue weighted by Crippen LogP contribution is 2.28. The van der Waals surface area contributed by atoms with Crippen LogP contribution in [0.15, 0.2) is 23.1 Å². The van der Waals surface area contributed by atoms with Crippen molar-refractivity contribution in [1.82, 2.24) is 4.31 Å². The van der Waals surface area contributed by atoms with Crippen LogP contribution in [0.4, 0.5) is 0 Å². The van der Waals surface area contributed by atoms with Gasteiger partial charge in [0, 0.05) is 19.2 Å². The monoisotopic (exact) mass is 277 g/mol. The molecule has 0 unspecified atom stereocenters. The van der Waals surface area contributed by atoms with Gasteiger partial charge in [-0.15, -0.1) is 0 Å². The molecule has 1 aromatic rings. The fourth-order valence-corrected chi connectivity index (χ4v) is 3.49. The van der Waals surface area contributed by atoms with Crippen molar-refractivity contribution in [2.75, 3.05) is 20.2 Å². The Morgan fingerprint density at radius 1 is 1.29 bits per heavy atom. The molecule has 1 rings (SSSR count). The van der Waals surface area contributed by atoms with Gasteiger partial charge in [0.15, 0.2) is 0 Å².